The minimum absolute atomic E-state index is 0.491. The van der Waals surface area contributed by atoms with Crippen molar-refractivity contribution in [2.45, 2.75) is 32.7 Å². The van der Waals surface area contributed by atoms with Crippen LogP contribution in [0.1, 0.15) is 26.7 Å². The van der Waals surface area contributed by atoms with Crippen LogP contribution >= 0.6 is 0 Å². The predicted octanol–water partition coefficient (Wildman–Crippen LogP) is 2.51. The molecule has 0 aromatic rings. The zero-order chi connectivity index (χ0) is 8.53. The number of allylic oxidation sites excluding steroid dienone is 3. The summed E-state index contributed by atoms with van der Waals surface area (Å²) in [5.41, 5.74) is 0. The highest BCUT2D eigenvalue weighted by molar-refractivity contribution is 4.96. The molecule has 0 aromatic heterocycles. The molecule has 64 valence electrons. The molecule has 11 heavy (non-hydrogen) atoms. The minimum atomic E-state index is 0.491. The van der Waals surface area contributed by atoms with E-state index in [4.69, 9.17) is 0 Å². The molecular weight excluding hydrogens is 134 g/mol. The Morgan fingerprint density at radius 1 is 1.27 bits per heavy atom. The SMILES string of the molecule is CC/C=C\C/C=C\C(C)NC. The molecule has 1 N–H and O–H groups in total. The zero-order valence-corrected chi connectivity index (χ0v) is 7.80. The van der Waals surface area contributed by atoms with E-state index in [-0.39, 0.29) is 0 Å². The van der Waals surface area contributed by atoms with E-state index in [1.807, 2.05) is 7.05 Å². The highest BCUT2D eigenvalue weighted by atomic mass is 14.8. The monoisotopic (exact) mass is 153 g/mol. The Balaban J connectivity index is 3.36. The first-order valence-corrected chi connectivity index (χ1v) is 4.30. The highest BCUT2D eigenvalue weighted by Crippen LogP contribution is 1.90. The average molecular weight is 153 g/mol. The van der Waals surface area contributed by atoms with E-state index in [0.717, 1.165) is 12.8 Å². The number of rotatable bonds is 5. The van der Waals surface area contributed by atoms with Gasteiger partial charge in [0.05, 0.1) is 0 Å². The molecule has 1 nitrogen and oxygen atoms in total. The lowest BCUT2D eigenvalue weighted by Crippen LogP contribution is -2.17. The number of hydrogen-bond acceptors (Lipinski definition) is 1. The van der Waals surface area contributed by atoms with E-state index in [1.54, 1.807) is 0 Å². The summed E-state index contributed by atoms with van der Waals surface area (Å²) in [5, 5.41) is 3.14. The van der Waals surface area contributed by atoms with Crippen molar-refractivity contribution in [3.63, 3.8) is 0 Å². The Labute approximate surface area is 70.2 Å². The normalized spacial score (nSPS) is 14.8. The zero-order valence-electron chi connectivity index (χ0n) is 7.80. The van der Waals surface area contributed by atoms with Gasteiger partial charge in [-0.1, -0.05) is 31.2 Å². The van der Waals surface area contributed by atoms with Gasteiger partial charge in [0, 0.05) is 6.04 Å². The van der Waals surface area contributed by atoms with E-state index in [0.29, 0.717) is 6.04 Å². The second kappa shape index (κ2) is 7.55. The van der Waals surface area contributed by atoms with Gasteiger partial charge in [0.25, 0.3) is 0 Å². The van der Waals surface area contributed by atoms with Crippen LogP contribution in [0.4, 0.5) is 0 Å². The molecule has 0 aliphatic rings. The summed E-state index contributed by atoms with van der Waals surface area (Å²) in [6.45, 7) is 4.29. The lowest BCUT2D eigenvalue weighted by Gasteiger charge is -2.00. The molecule has 0 aliphatic carbocycles. The molecule has 0 spiro atoms. The summed E-state index contributed by atoms with van der Waals surface area (Å²) >= 11 is 0. The standard InChI is InChI=1S/C10H19N/c1-4-5-6-7-8-9-10(2)11-3/h5-6,8-11H,4,7H2,1-3H3/b6-5-,9-8-. The maximum Gasteiger partial charge on any atom is 0.0218 e. The molecule has 0 saturated carbocycles. The lowest BCUT2D eigenvalue weighted by molar-refractivity contribution is 0.727. The van der Waals surface area contributed by atoms with Gasteiger partial charge in [-0.3, -0.25) is 0 Å². The second-order valence-electron chi connectivity index (χ2n) is 2.62. The molecule has 0 heterocycles. The summed E-state index contributed by atoms with van der Waals surface area (Å²) in [5.74, 6) is 0. The first-order valence-electron chi connectivity index (χ1n) is 4.30. The van der Waals surface area contributed by atoms with Crippen molar-refractivity contribution in [1.29, 1.82) is 0 Å². The lowest BCUT2D eigenvalue weighted by atomic mass is 10.2. The summed E-state index contributed by atoms with van der Waals surface area (Å²) in [6.07, 6.45) is 10.9. The van der Waals surface area contributed by atoms with Crippen molar-refractivity contribution in [3.8, 4) is 0 Å². The molecule has 0 bridgehead atoms. The molecule has 1 unspecified atom stereocenters. The van der Waals surface area contributed by atoms with Crippen LogP contribution in [0.2, 0.25) is 0 Å². The maximum absolute atomic E-state index is 3.14. The molecule has 0 amide bonds. The molecule has 1 atom stereocenters. The summed E-state index contributed by atoms with van der Waals surface area (Å²) in [4.78, 5) is 0. The highest BCUT2D eigenvalue weighted by Gasteiger charge is 1.85. The van der Waals surface area contributed by atoms with E-state index in [1.165, 1.54) is 0 Å². The van der Waals surface area contributed by atoms with Crippen LogP contribution in [-0.4, -0.2) is 13.1 Å². The average Bonchev–Trinajstić information content (AvgIpc) is 2.04. The Morgan fingerprint density at radius 2 is 2.00 bits per heavy atom. The molecule has 1 heteroatoms. The minimum Gasteiger partial charge on any atom is -0.314 e. The van der Waals surface area contributed by atoms with Gasteiger partial charge >= 0.3 is 0 Å². The van der Waals surface area contributed by atoms with Crippen LogP contribution in [-0.2, 0) is 0 Å². The largest absolute Gasteiger partial charge is 0.314 e. The van der Waals surface area contributed by atoms with Crippen LogP contribution < -0.4 is 5.32 Å². The van der Waals surface area contributed by atoms with Crippen LogP contribution in [0.25, 0.3) is 0 Å². The molecule has 0 saturated heterocycles. The first-order chi connectivity index (χ1) is 5.31. The van der Waals surface area contributed by atoms with Gasteiger partial charge in [-0.05, 0) is 26.8 Å². The van der Waals surface area contributed by atoms with Gasteiger partial charge in [0.1, 0.15) is 0 Å². The topological polar surface area (TPSA) is 12.0 Å². The van der Waals surface area contributed by atoms with Gasteiger partial charge in [-0.2, -0.15) is 0 Å². The fraction of sp³-hybridized carbons (Fsp3) is 0.600. The third kappa shape index (κ3) is 7.34. The summed E-state index contributed by atoms with van der Waals surface area (Å²) < 4.78 is 0. The third-order valence-corrected chi connectivity index (χ3v) is 1.55. The molecule has 0 rings (SSSR count). The Bertz CT molecular complexity index is 125. The predicted molar refractivity (Wildman–Crippen MR) is 51.7 cm³/mol. The van der Waals surface area contributed by atoms with Crippen LogP contribution in [0, 0.1) is 0 Å². The summed E-state index contributed by atoms with van der Waals surface area (Å²) in [6, 6.07) is 0.491. The second-order valence-corrected chi connectivity index (χ2v) is 2.62. The number of hydrogen-bond donors (Lipinski definition) is 1. The van der Waals surface area contributed by atoms with Gasteiger partial charge in [-0.15, -0.1) is 0 Å². The fourth-order valence-corrected chi connectivity index (χ4v) is 0.720. The van der Waals surface area contributed by atoms with Gasteiger partial charge in [0.2, 0.25) is 0 Å². The number of likely N-dealkylation sites (N-methyl/N-ethyl adjacent to an activating group) is 1. The fourth-order valence-electron chi connectivity index (χ4n) is 0.720. The van der Waals surface area contributed by atoms with Crippen molar-refractivity contribution in [1.82, 2.24) is 5.32 Å². The number of nitrogens with one attached hydrogen (secondary N) is 1. The van der Waals surface area contributed by atoms with Gasteiger partial charge < -0.3 is 5.32 Å². The van der Waals surface area contributed by atoms with Crippen molar-refractivity contribution in [2.75, 3.05) is 7.05 Å². The van der Waals surface area contributed by atoms with E-state index >= 15 is 0 Å². The Hall–Kier alpha value is -0.560. The molecule has 0 aromatic carbocycles. The third-order valence-electron chi connectivity index (χ3n) is 1.55. The molecule has 0 fully saturated rings. The van der Waals surface area contributed by atoms with Crippen LogP contribution in [0.15, 0.2) is 24.3 Å². The van der Waals surface area contributed by atoms with Crippen LogP contribution in [0.5, 0.6) is 0 Å². The molecular formula is C10H19N. The maximum atomic E-state index is 3.14. The molecule has 0 aliphatic heterocycles. The van der Waals surface area contributed by atoms with Gasteiger partial charge in [-0.25, -0.2) is 0 Å². The van der Waals surface area contributed by atoms with E-state index in [9.17, 15) is 0 Å². The van der Waals surface area contributed by atoms with Crippen LogP contribution in [0.3, 0.4) is 0 Å². The van der Waals surface area contributed by atoms with Crippen molar-refractivity contribution < 1.29 is 0 Å². The molecule has 0 radical (unpaired) electrons. The van der Waals surface area contributed by atoms with E-state index < -0.39 is 0 Å². The van der Waals surface area contributed by atoms with E-state index in [2.05, 4.69) is 43.5 Å². The smallest absolute Gasteiger partial charge is 0.0218 e. The van der Waals surface area contributed by atoms with Crippen molar-refractivity contribution in [2.24, 2.45) is 0 Å². The Kier molecular flexibility index (Phi) is 7.16. The Morgan fingerprint density at radius 3 is 2.55 bits per heavy atom. The quantitative estimate of drug-likeness (QED) is 0.598. The van der Waals surface area contributed by atoms with Crippen molar-refractivity contribution >= 4 is 0 Å². The van der Waals surface area contributed by atoms with Crippen molar-refractivity contribution in [3.05, 3.63) is 24.3 Å². The first kappa shape index (κ1) is 10.4. The summed E-state index contributed by atoms with van der Waals surface area (Å²) in [7, 11) is 1.97. The van der Waals surface area contributed by atoms with Gasteiger partial charge in [0.15, 0.2) is 0 Å².